The molecule has 2 unspecified atom stereocenters. The Morgan fingerprint density at radius 2 is 2.00 bits per heavy atom. The fourth-order valence-corrected chi connectivity index (χ4v) is 3.27. The van der Waals surface area contributed by atoms with Crippen molar-refractivity contribution in [2.45, 2.75) is 32.9 Å². The van der Waals surface area contributed by atoms with Crippen molar-refractivity contribution in [2.24, 2.45) is 0 Å². The molecular formula is C18H21FN4O2. The number of aromatic nitrogens is 2. The molecule has 132 valence electrons. The Bertz CT molecular complexity index is 802. The Labute approximate surface area is 145 Å². The molecule has 0 radical (unpaired) electrons. The van der Waals surface area contributed by atoms with Crippen LogP contribution in [0.5, 0.6) is 0 Å². The number of rotatable bonds is 3. The molecule has 1 aromatic heterocycles. The maximum atomic E-state index is 13.4. The highest BCUT2D eigenvalue weighted by atomic mass is 19.1. The first kappa shape index (κ1) is 17.3. The molecule has 3 rings (SSSR count). The van der Waals surface area contributed by atoms with Gasteiger partial charge in [0.1, 0.15) is 11.4 Å². The van der Waals surface area contributed by atoms with Gasteiger partial charge in [-0.2, -0.15) is 0 Å². The molecule has 1 aliphatic rings. The number of anilines is 1. The van der Waals surface area contributed by atoms with Crippen LogP contribution < -0.4 is 10.2 Å². The summed E-state index contributed by atoms with van der Waals surface area (Å²) in [5, 5.41) is 12.9. The number of carboxylic acid groups (broad SMARTS) is 1. The summed E-state index contributed by atoms with van der Waals surface area (Å²) >= 11 is 0. The summed E-state index contributed by atoms with van der Waals surface area (Å²) in [6.45, 7) is 7.37. The minimum atomic E-state index is -1.10. The number of piperazine rings is 1. The third kappa shape index (κ3) is 3.61. The van der Waals surface area contributed by atoms with Gasteiger partial charge in [-0.25, -0.2) is 19.2 Å². The number of halogens is 1. The van der Waals surface area contributed by atoms with Gasteiger partial charge in [0.15, 0.2) is 0 Å². The van der Waals surface area contributed by atoms with Crippen LogP contribution in [0, 0.1) is 12.7 Å². The summed E-state index contributed by atoms with van der Waals surface area (Å²) < 4.78 is 13.4. The molecule has 0 spiro atoms. The molecule has 0 aliphatic carbocycles. The molecule has 2 N–H and O–H groups in total. The van der Waals surface area contributed by atoms with Gasteiger partial charge in [0.2, 0.25) is 5.95 Å². The first-order chi connectivity index (χ1) is 11.8. The summed E-state index contributed by atoms with van der Waals surface area (Å²) in [5.41, 5.74) is 1.55. The predicted octanol–water partition coefficient (Wildman–Crippen LogP) is 2.48. The van der Waals surface area contributed by atoms with E-state index >= 15 is 0 Å². The summed E-state index contributed by atoms with van der Waals surface area (Å²) in [6, 6.07) is 4.80. The van der Waals surface area contributed by atoms with Crippen LogP contribution in [0.3, 0.4) is 0 Å². The largest absolute Gasteiger partial charge is 0.478 e. The fourth-order valence-electron chi connectivity index (χ4n) is 3.27. The molecule has 2 atom stereocenters. The lowest BCUT2D eigenvalue weighted by Crippen LogP contribution is -2.54. The van der Waals surface area contributed by atoms with Crippen LogP contribution in [0.1, 0.15) is 29.8 Å². The second kappa shape index (κ2) is 6.76. The zero-order valence-electron chi connectivity index (χ0n) is 14.5. The van der Waals surface area contributed by atoms with E-state index in [1.165, 1.54) is 18.3 Å². The van der Waals surface area contributed by atoms with Crippen molar-refractivity contribution in [2.75, 3.05) is 18.0 Å². The van der Waals surface area contributed by atoms with Crippen LogP contribution in [-0.2, 0) is 0 Å². The molecule has 2 heterocycles. The second-order valence-corrected chi connectivity index (χ2v) is 6.57. The molecule has 1 aromatic carbocycles. The summed E-state index contributed by atoms with van der Waals surface area (Å²) in [4.78, 5) is 22.4. The van der Waals surface area contributed by atoms with Crippen LogP contribution in [0.25, 0.3) is 11.3 Å². The molecule has 2 aromatic rings. The number of nitrogens with zero attached hydrogens (tertiary/aromatic N) is 3. The number of benzene rings is 1. The van der Waals surface area contributed by atoms with Crippen LogP contribution in [0.15, 0.2) is 24.4 Å². The first-order valence-corrected chi connectivity index (χ1v) is 8.23. The monoisotopic (exact) mass is 344 g/mol. The third-order valence-electron chi connectivity index (χ3n) is 4.29. The van der Waals surface area contributed by atoms with Gasteiger partial charge in [-0.3, -0.25) is 0 Å². The normalized spacial score (nSPS) is 20.6. The third-order valence-corrected chi connectivity index (χ3v) is 4.29. The van der Waals surface area contributed by atoms with Gasteiger partial charge in [-0.05, 0) is 44.5 Å². The van der Waals surface area contributed by atoms with E-state index in [9.17, 15) is 14.3 Å². The van der Waals surface area contributed by atoms with Crippen molar-refractivity contribution in [3.05, 3.63) is 41.3 Å². The van der Waals surface area contributed by atoms with Gasteiger partial charge in [-0.1, -0.05) is 0 Å². The van der Waals surface area contributed by atoms with Crippen LogP contribution >= 0.6 is 0 Å². The molecule has 1 saturated heterocycles. The van der Waals surface area contributed by atoms with E-state index in [0.29, 0.717) is 22.8 Å². The highest BCUT2D eigenvalue weighted by Gasteiger charge is 2.25. The lowest BCUT2D eigenvalue weighted by molar-refractivity contribution is 0.0697. The Kier molecular flexibility index (Phi) is 4.67. The first-order valence-electron chi connectivity index (χ1n) is 8.23. The molecule has 1 aliphatic heterocycles. The van der Waals surface area contributed by atoms with E-state index in [0.717, 1.165) is 13.1 Å². The maximum absolute atomic E-state index is 13.4. The van der Waals surface area contributed by atoms with Crippen molar-refractivity contribution in [1.82, 2.24) is 15.3 Å². The zero-order chi connectivity index (χ0) is 18.1. The van der Waals surface area contributed by atoms with E-state index < -0.39 is 5.97 Å². The van der Waals surface area contributed by atoms with Gasteiger partial charge < -0.3 is 15.3 Å². The summed E-state index contributed by atoms with van der Waals surface area (Å²) in [5.74, 6) is -0.978. The van der Waals surface area contributed by atoms with E-state index in [-0.39, 0.29) is 23.5 Å². The Hall–Kier alpha value is -2.54. The van der Waals surface area contributed by atoms with Gasteiger partial charge >= 0.3 is 5.97 Å². The van der Waals surface area contributed by atoms with Crippen molar-refractivity contribution < 1.29 is 14.3 Å². The van der Waals surface area contributed by atoms with E-state index in [1.807, 2.05) is 4.90 Å². The molecule has 6 nitrogen and oxygen atoms in total. The average molecular weight is 344 g/mol. The molecule has 25 heavy (non-hydrogen) atoms. The quantitative estimate of drug-likeness (QED) is 0.891. The molecular weight excluding hydrogens is 323 g/mol. The molecule has 0 amide bonds. The van der Waals surface area contributed by atoms with Gasteiger partial charge in [0, 0.05) is 36.9 Å². The van der Waals surface area contributed by atoms with Gasteiger partial charge in [0.05, 0.1) is 5.69 Å². The summed E-state index contributed by atoms with van der Waals surface area (Å²) in [7, 11) is 0. The highest BCUT2D eigenvalue weighted by Crippen LogP contribution is 2.27. The second-order valence-electron chi connectivity index (χ2n) is 6.57. The fraction of sp³-hybridized carbons (Fsp3) is 0.389. The maximum Gasteiger partial charge on any atom is 0.339 e. The Balaban J connectivity index is 2.08. The molecule has 0 bridgehead atoms. The lowest BCUT2D eigenvalue weighted by atomic mass is 10.0. The van der Waals surface area contributed by atoms with Crippen LogP contribution in [0.2, 0.25) is 0 Å². The van der Waals surface area contributed by atoms with Crippen molar-refractivity contribution in [1.29, 1.82) is 0 Å². The van der Waals surface area contributed by atoms with E-state index in [4.69, 9.17) is 0 Å². The number of aryl methyl sites for hydroxylation is 1. The Morgan fingerprint density at radius 1 is 1.32 bits per heavy atom. The van der Waals surface area contributed by atoms with E-state index in [2.05, 4.69) is 29.1 Å². The van der Waals surface area contributed by atoms with Gasteiger partial charge in [-0.15, -0.1) is 0 Å². The number of carboxylic acids is 1. The number of hydrogen-bond donors (Lipinski definition) is 2. The highest BCUT2D eigenvalue weighted by molar-refractivity contribution is 5.95. The number of nitrogens with one attached hydrogen (secondary N) is 1. The van der Waals surface area contributed by atoms with E-state index in [1.54, 1.807) is 13.0 Å². The summed E-state index contributed by atoms with van der Waals surface area (Å²) in [6.07, 6.45) is 1.33. The molecule has 7 heteroatoms. The number of aromatic carboxylic acids is 1. The molecule has 1 fully saturated rings. The van der Waals surface area contributed by atoms with Crippen molar-refractivity contribution in [3.8, 4) is 11.3 Å². The number of hydrogen-bond acceptors (Lipinski definition) is 5. The number of carbonyl (C=O) groups is 1. The standard InChI is InChI=1S/C18H21FN4O2/c1-10-6-13(19)4-5-14(10)16-15(17(24)25)7-20-18(22-16)23-8-11(2)21-12(3)9-23/h4-7,11-12,21H,8-9H2,1-3H3,(H,24,25). The SMILES string of the molecule is Cc1cc(F)ccc1-c1nc(N2CC(C)NC(C)C2)ncc1C(=O)O. The lowest BCUT2D eigenvalue weighted by Gasteiger charge is -2.36. The van der Waals surface area contributed by atoms with Crippen molar-refractivity contribution in [3.63, 3.8) is 0 Å². The molecule has 0 saturated carbocycles. The predicted molar refractivity (Wildman–Crippen MR) is 93.4 cm³/mol. The smallest absolute Gasteiger partial charge is 0.339 e. The van der Waals surface area contributed by atoms with Gasteiger partial charge in [0.25, 0.3) is 0 Å². The van der Waals surface area contributed by atoms with Crippen LogP contribution in [0.4, 0.5) is 10.3 Å². The Morgan fingerprint density at radius 3 is 2.60 bits per heavy atom. The average Bonchev–Trinajstić information content (AvgIpc) is 2.53. The zero-order valence-corrected chi connectivity index (χ0v) is 14.5. The topological polar surface area (TPSA) is 78.4 Å². The minimum Gasteiger partial charge on any atom is -0.478 e. The van der Waals surface area contributed by atoms with Crippen molar-refractivity contribution >= 4 is 11.9 Å². The van der Waals surface area contributed by atoms with Crippen LogP contribution in [-0.4, -0.2) is 46.2 Å². The minimum absolute atomic E-state index is 0.00897.